The van der Waals surface area contributed by atoms with Gasteiger partial charge in [-0.1, -0.05) is 19.8 Å². The number of amides is 3. The summed E-state index contributed by atoms with van der Waals surface area (Å²) in [7, 11) is 3.04. The topological polar surface area (TPSA) is 89.1 Å². The molecule has 2 atom stereocenters. The van der Waals surface area contributed by atoms with Crippen molar-refractivity contribution in [3.63, 3.8) is 0 Å². The van der Waals surface area contributed by atoms with Gasteiger partial charge in [-0.2, -0.15) is 0 Å². The van der Waals surface area contributed by atoms with Crippen LogP contribution >= 0.6 is 0 Å². The van der Waals surface area contributed by atoms with Crippen molar-refractivity contribution in [1.29, 1.82) is 0 Å². The zero-order valence-corrected chi connectivity index (χ0v) is 18.9. The Bertz CT molecular complexity index is 764. The molecule has 1 aromatic carbocycles. The van der Waals surface area contributed by atoms with Gasteiger partial charge in [0.25, 0.3) is 5.91 Å². The van der Waals surface area contributed by atoms with Crippen molar-refractivity contribution >= 4 is 17.6 Å². The molecule has 172 valence electrons. The first-order chi connectivity index (χ1) is 15.0. The number of urea groups is 1. The third kappa shape index (κ3) is 6.03. The van der Waals surface area contributed by atoms with E-state index in [1.807, 2.05) is 0 Å². The summed E-state index contributed by atoms with van der Waals surface area (Å²) in [5.74, 6) is 1.34. The number of ether oxygens (including phenoxy) is 3. The number of anilines is 1. The molecule has 0 radical (unpaired) electrons. The predicted molar refractivity (Wildman–Crippen MR) is 119 cm³/mol. The Balaban J connectivity index is 1.61. The van der Waals surface area contributed by atoms with E-state index in [0.29, 0.717) is 41.8 Å². The first kappa shape index (κ1) is 23.2. The summed E-state index contributed by atoms with van der Waals surface area (Å²) in [6.07, 6.45) is 7.01. The average molecular weight is 434 g/mol. The molecule has 8 heteroatoms. The van der Waals surface area contributed by atoms with Crippen LogP contribution in [0.3, 0.4) is 0 Å². The summed E-state index contributed by atoms with van der Waals surface area (Å²) >= 11 is 0. The fraction of sp³-hybridized carbons (Fsp3) is 0.652. The van der Waals surface area contributed by atoms with Gasteiger partial charge < -0.3 is 29.7 Å². The number of likely N-dealkylation sites (tertiary alicyclic amines) is 1. The summed E-state index contributed by atoms with van der Waals surface area (Å²) in [5, 5.41) is 5.61. The largest absolute Gasteiger partial charge is 0.493 e. The highest BCUT2D eigenvalue weighted by atomic mass is 16.5. The zero-order chi connectivity index (χ0) is 22.2. The number of nitrogens with one attached hydrogen (secondary N) is 2. The van der Waals surface area contributed by atoms with E-state index in [-0.39, 0.29) is 18.0 Å². The van der Waals surface area contributed by atoms with E-state index in [9.17, 15) is 9.59 Å². The monoisotopic (exact) mass is 433 g/mol. The molecule has 1 saturated heterocycles. The number of carbonyl (C=O) groups is 2. The Morgan fingerprint density at radius 3 is 2.39 bits per heavy atom. The van der Waals surface area contributed by atoms with Crippen LogP contribution < -0.4 is 20.1 Å². The SMILES string of the molecule is COc1cc(NC(=O)NCCO[C@H]2CCCC[C@H]2C)c(C(=O)N2CCCC2)cc1OC. The molecule has 3 rings (SSSR count). The van der Waals surface area contributed by atoms with Crippen molar-refractivity contribution in [3.8, 4) is 11.5 Å². The lowest BCUT2D eigenvalue weighted by Gasteiger charge is -2.28. The molecular weight excluding hydrogens is 398 g/mol. The normalized spacial score (nSPS) is 20.9. The number of rotatable bonds is 8. The number of methoxy groups -OCH3 is 2. The van der Waals surface area contributed by atoms with Gasteiger partial charge in [0.05, 0.1) is 38.2 Å². The number of hydrogen-bond acceptors (Lipinski definition) is 5. The van der Waals surface area contributed by atoms with E-state index in [2.05, 4.69) is 17.6 Å². The Kier molecular flexibility index (Phi) is 8.40. The Morgan fingerprint density at radius 2 is 1.71 bits per heavy atom. The van der Waals surface area contributed by atoms with Gasteiger partial charge in [0.15, 0.2) is 11.5 Å². The molecule has 0 unspecified atom stereocenters. The molecule has 1 saturated carbocycles. The highest BCUT2D eigenvalue weighted by Gasteiger charge is 2.25. The summed E-state index contributed by atoms with van der Waals surface area (Å²) in [6, 6.07) is 2.87. The molecule has 1 heterocycles. The lowest BCUT2D eigenvalue weighted by molar-refractivity contribution is -0.00232. The molecule has 2 N–H and O–H groups in total. The maximum Gasteiger partial charge on any atom is 0.319 e. The fourth-order valence-electron chi connectivity index (χ4n) is 4.32. The van der Waals surface area contributed by atoms with E-state index in [4.69, 9.17) is 14.2 Å². The molecule has 2 fully saturated rings. The number of hydrogen-bond donors (Lipinski definition) is 2. The van der Waals surface area contributed by atoms with Gasteiger partial charge in [-0.25, -0.2) is 4.79 Å². The van der Waals surface area contributed by atoms with Crippen molar-refractivity contribution < 1.29 is 23.8 Å². The van der Waals surface area contributed by atoms with Crippen LogP contribution in [0.1, 0.15) is 55.8 Å². The maximum absolute atomic E-state index is 13.0. The predicted octanol–water partition coefficient (Wildman–Crippen LogP) is 3.66. The zero-order valence-electron chi connectivity index (χ0n) is 18.9. The minimum atomic E-state index is -0.386. The molecule has 1 aliphatic carbocycles. The first-order valence-corrected chi connectivity index (χ1v) is 11.2. The molecule has 31 heavy (non-hydrogen) atoms. The van der Waals surface area contributed by atoms with Crippen molar-refractivity contribution in [3.05, 3.63) is 17.7 Å². The Hall–Kier alpha value is -2.48. The maximum atomic E-state index is 13.0. The van der Waals surface area contributed by atoms with E-state index in [1.165, 1.54) is 33.5 Å². The van der Waals surface area contributed by atoms with Gasteiger partial charge in [-0.05, 0) is 37.7 Å². The average Bonchev–Trinajstić information content (AvgIpc) is 3.32. The number of nitrogens with zero attached hydrogens (tertiary/aromatic N) is 1. The third-order valence-electron chi connectivity index (χ3n) is 6.15. The second-order valence-electron chi connectivity index (χ2n) is 8.30. The van der Waals surface area contributed by atoms with Crippen LogP contribution in [-0.2, 0) is 4.74 Å². The molecule has 8 nitrogen and oxygen atoms in total. The summed E-state index contributed by atoms with van der Waals surface area (Å²) < 4.78 is 16.7. The van der Waals surface area contributed by atoms with Crippen molar-refractivity contribution in [2.24, 2.45) is 5.92 Å². The smallest absolute Gasteiger partial charge is 0.319 e. The molecule has 0 aromatic heterocycles. The minimum Gasteiger partial charge on any atom is -0.493 e. The highest BCUT2D eigenvalue weighted by molar-refractivity contribution is 6.04. The van der Waals surface area contributed by atoms with E-state index in [0.717, 1.165) is 32.4 Å². The fourth-order valence-corrected chi connectivity index (χ4v) is 4.32. The standard InChI is InChI=1S/C23H35N3O5/c1-16-8-4-5-9-19(16)31-13-10-24-23(28)25-18-15-21(30-3)20(29-2)14-17(18)22(27)26-11-6-7-12-26/h14-16,19H,4-13H2,1-3H3,(H2,24,25,28)/t16-,19+/m1/s1. The molecule has 0 spiro atoms. The molecule has 1 aromatic rings. The second kappa shape index (κ2) is 11.2. The van der Waals surface area contributed by atoms with Gasteiger partial charge in [0, 0.05) is 25.7 Å². The number of carbonyl (C=O) groups excluding carboxylic acids is 2. The third-order valence-corrected chi connectivity index (χ3v) is 6.15. The highest BCUT2D eigenvalue weighted by Crippen LogP contribution is 2.34. The molecule has 0 bridgehead atoms. The van der Waals surface area contributed by atoms with Crippen LogP contribution in [-0.4, -0.2) is 63.4 Å². The molecular formula is C23H35N3O5. The van der Waals surface area contributed by atoms with E-state index in [1.54, 1.807) is 17.0 Å². The summed E-state index contributed by atoms with van der Waals surface area (Å²) in [5.41, 5.74) is 0.788. The van der Waals surface area contributed by atoms with Gasteiger partial charge in [-0.3, -0.25) is 4.79 Å². The van der Waals surface area contributed by atoms with Gasteiger partial charge in [0.1, 0.15) is 0 Å². The Labute approximate surface area is 184 Å². The van der Waals surface area contributed by atoms with Crippen LogP contribution in [0.5, 0.6) is 11.5 Å². The van der Waals surface area contributed by atoms with Crippen molar-refractivity contribution in [2.75, 3.05) is 45.8 Å². The minimum absolute atomic E-state index is 0.122. The van der Waals surface area contributed by atoms with Crippen LogP contribution in [0.2, 0.25) is 0 Å². The quantitative estimate of drug-likeness (QED) is 0.611. The molecule has 1 aliphatic heterocycles. The van der Waals surface area contributed by atoms with Gasteiger partial charge in [0.2, 0.25) is 0 Å². The summed E-state index contributed by atoms with van der Waals surface area (Å²) in [6.45, 7) is 4.52. The van der Waals surface area contributed by atoms with Crippen LogP contribution in [0.25, 0.3) is 0 Å². The Morgan fingerprint density at radius 1 is 1.03 bits per heavy atom. The van der Waals surface area contributed by atoms with Crippen molar-refractivity contribution in [2.45, 2.75) is 51.6 Å². The van der Waals surface area contributed by atoms with E-state index < -0.39 is 0 Å². The number of benzene rings is 1. The van der Waals surface area contributed by atoms with Gasteiger partial charge in [-0.15, -0.1) is 0 Å². The van der Waals surface area contributed by atoms with Crippen molar-refractivity contribution in [1.82, 2.24) is 10.2 Å². The van der Waals surface area contributed by atoms with Crippen LogP contribution in [0.4, 0.5) is 10.5 Å². The van der Waals surface area contributed by atoms with E-state index >= 15 is 0 Å². The van der Waals surface area contributed by atoms with Crippen LogP contribution in [0, 0.1) is 5.92 Å². The lowest BCUT2D eigenvalue weighted by Crippen LogP contribution is -2.35. The first-order valence-electron chi connectivity index (χ1n) is 11.2. The lowest BCUT2D eigenvalue weighted by atomic mass is 9.88. The summed E-state index contributed by atoms with van der Waals surface area (Å²) in [4.78, 5) is 27.3. The van der Waals surface area contributed by atoms with Gasteiger partial charge >= 0.3 is 6.03 Å². The second-order valence-corrected chi connectivity index (χ2v) is 8.30. The van der Waals surface area contributed by atoms with Crippen LogP contribution in [0.15, 0.2) is 12.1 Å². The molecule has 2 aliphatic rings. The molecule has 3 amide bonds.